The van der Waals surface area contributed by atoms with E-state index in [9.17, 15) is 9.59 Å². The van der Waals surface area contributed by atoms with Crippen LogP contribution in [0.3, 0.4) is 0 Å². The number of nitrogens with zero attached hydrogens (tertiary/aromatic N) is 3. The maximum atomic E-state index is 15.7. The summed E-state index contributed by atoms with van der Waals surface area (Å²) in [6.07, 6.45) is 5.18. The van der Waals surface area contributed by atoms with Crippen LogP contribution in [0.4, 0.5) is 4.39 Å². The molecule has 2 aromatic carbocycles. The fourth-order valence-corrected chi connectivity index (χ4v) is 7.07. The molecule has 3 aliphatic rings. The fourth-order valence-electron chi connectivity index (χ4n) is 5.96. The van der Waals surface area contributed by atoms with Crippen LogP contribution in [0.1, 0.15) is 71.4 Å². The summed E-state index contributed by atoms with van der Waals surface area (Å²) in [6.45, 7) is 5.37. The van der Waals surface area contributed by atoms with Crippen LogP contribution in [0.2, 0.25) is 0 Å². The van der Waals surface area contributed by atoms with Gasteiger partial charge in [-0.2, -0.15) is 0 Å². The van der Waals surface area contributed by atoms with Gasteiger partial charge in [-0.05, 0) is 36.1 Å². The SMILES string of the molecule is CCCCCCOc1c2n(ccc1=O)N([C@@H]1c3ccccc3SCc3c1ccc(C)c3F)[C@@H]1COCCN1C2=O. The van der Waals surface area contributed by atoms with Gasteiger partial charge in [0.2, 0.25) is 5.43 Å². The summed E-state index contributed by atoms with van der Waals surface area (Å²) in [5.74, 6) is 0.115. The Kier molecular flexibility index (Phi) is 7.59. The third-order valence-corrected chi connectivity index (χ3v) is 9.13. The molecule has 0 N–H and O–H groups in total. The van der Waals surface area contributed by atoms with Gasteiger partial charge >= 0.3 is 0 Å². The van der Waals surface area contributed by atoms with Gasteiger partial charge in [-0.3, -0.25) is 19.3 Å². The molecule has 1 amide bonds. The van der Waals surface area contributed by atoms with Crippen molar-refractivity contribution in [2.24, 2.45) is 0 Å². The van der Waals surface area contributed by atoms with Crippen molar-refractivity contribution in [2.75, 3.05) is 31.4 Å². The molecule has 4 heterocycles. The van der Waals surface area contributed by atoms with E-state index in [-0.39, 0.29) is 28.6 Å². The topological polar surface area (TPSA) is 64.0 Å². The maximum absolute atomic E-state index is 15.7. The molecule has 1 aromatic heterocycles. The van der Waals surface area contributed by atoms with Crippen molar-refractivity contribution in [3.8, 4) is 5.75 Å². The number of morpholine rings is 1. The van der Waals surface area contributed by atoms with Crippen LogP contribution >= 0.6 is 11.8 Å². The number of hydrogen-bond donors (Lipinski definition) is 0. The van der Waals surface area contributed by atoms with E-state index in [1.54, 1.807) is 34.5 Å². The molecule has 0 unspecified atom stereocenters. The number of pyridine rings is 1. The summed E-state index contributed by atoms with van der Waals surface area (Å²) in [6, 6.07) is 13.0. The van der Waals surface area contributed by atoms with Gasteiger partial charge in [-0.25, -0.2) is 4.39 Å². The quantitative estimate of drug-likeness (QED) is 0.359. The molecule has 3 aromatic rings. The van der Waals surface area contributed by atoms with Gasteiger partial charge < -0.3 is 14.4 Å². The highest BCUT2D eigenvalue weighted by molar-refractivity contribution is 7.98. The lowest BCUT2D eigenvalue weighted by Gasteiger charge is -2.51. The third kappa shape index (κ3) is 4.59. The number of benzene rings is 2. The molecule has 0 saturated carbocycles. The van der Waals surface area contributed by atoms with Gasteiger partial charge in [0.1, 0.15) is 12.0 Å². The van der Waals surface area contributed by atoms with E-state index in [0.29, 0.717) is 43.2 Å². The second-order valence-corrected chi connectivity index (χ2v) is 11.6. The number of fused-ring (bicyclic) bond motifs is 4. The molecule has 7 nitrogen and oxygen atoms in total. The first kappa shape index (κ1) is 26.9. The third-order valence-electron chi connectivity index (χ3n) is 8.02. The van der Waals surface area contributed by atoms with Gasteiger partial charge in [0, 0.05) is 35.0 Å². The maximum Gasteiger partial charge on any atom is 0.278 e. The molecule has 2 atom stereocenters. The number of aromatic nitrogens is 1. The van der Waals surface area contributed by atoms with E-state index in [0.717, 1.165) is 41.7 Å². The zero-order valence-corrected chi connectivity index (χ0v) is 23.7. The van der Waals surface area contributed by atoms with Gasteiger partial charge in [0.15, 0.2) is 11.4 Å². The Hall–Kier alpha value is -3.30. The van der Waals surface area contributed by atoms with Crippen LogP contribution in [-0.2, 0) is 10.5 Å². The molecule has 210 valence electrons. The molecule has 1 saturated heterocycles. The molecular formula is C31H34FN3O4S. The number of halogens is 1. The Morgan fingerprint density at radius 3 is 2.77 bits per heavy atom. The molecule has 40 heavy (non-hydrogen) atoms. The molecule has 3 aliphatic heterocycles. The number of thioether (sulfide) groups is 1. The minimum absolute atomic E-state index is 0.0746. The minimum Gasteiger partial charge on any atom is -0.487 e. The van der Waals surface area contributed by atoms with Crippen LogP contribution in [0, 0.1) is 12.7 Å². The van der Waals surface area contributed by atoms with E-state index in [1.807, 2.05) is 24.3 Å². The summed E-state index contributed by atoms with van der Waals surface area (Å²) in [5.41, 5.74) is 3.00. The monoisotopic (exact) mass is 563 g/mol. The Labute approximate surface area is 237 Å². The number of rotatable bonds is 7. The van der Waals surface area contributed by atoms with Crippen LogP contribution in [-0.4, -0.2) is 48.0 Å². The summed E-state index contributed by atoms with van der Waals surface area (Å²) >= 11 is 1.61. The Balaban J connectivity index is 1.55. The fraction of sp³-hybridized carbons (Fsp3) is 0.419. The van der Waals surface area contributed by atoms with E-state index in [2.05, 4.69) is 24.1 Å². The molecule has 0 bridgehead atoms. The molecule has 0 radical (unpaired) electrons. The van der Waals surface area contributed by atoms with Crippen molar-refractivity contribution >= 4 is 17.7 Å². The lowest BCUT2D eigenvalue weighted by Crippen LogP contribution is -2.66. The lowest BCUT2D eigenvalue weighted by molar-refractivity contribution is -0.0198. The normalized spacial score (nSPS) is 19.8. The summed E-state index contributed by atoms with van der Waals surface area (Å²) in [4.78, 5) is 29.9. The second kappa shape index (κ2) is 11.3. The van der Waals surface area contributed by atoms with Crippen molar-refractivity contribution in [3.05, 3.63) is 92.6 Å². The van der Waals surface area contributed by atoms with E-state index in [1.165, 1.54) is 6.07 Å². The molecular weight excluding hydrogens is 529 g/mol. The smallest absolute Gasteiger partial charge is 0.278 e. The minimum atomic E-state index is -0.452. The van der Waals surface area contributed by atoms with Crippen molar-refractivity contribution in [1.29, 1.82) is 0 Å². The highest BCUT2D eigenvalue weighted by Crippen LogP contribution is 2.45. The summed E-state index contributed by atoms with van der Waals surface area (Å²) in [7, 11) is 0. The first-order valence-electron chi connectivity index (χ1n) is 14.1. The predicted molar refractivity (Wildman–Crippen MR) is 153 cm³/mol. The van der Waals surface area contributed by atoms with Crippen molar-refractivity contribution in [2.45, 2.75) is 62.4 Å². The summed E-state index contributed by atoms with van der Waals surface area (Å²) in [5, 5.41) is 2.08. The molecule has 0 spiro atoms. The average molecular weight is 564 g/mol. The van der Waals surface area contributed by atoms with Crippen molar-refractivity contribution in [3.63, 3.8) is 0 Å². The van der Waals surface area contributed by atoms with Crippen LogP contribution in [0.15, 0.2) is 58.4 Å². The Morgan fingerprint density at radius 2 is 1.93 bits per heavy atom. The molecule has 9 heteroatoms. The number of carbonyl (C=O) groups is 1. The summed E-state index contributed by atoms with van der Waals surface area (Å²) < 4.78 is 29.4. The molecule has 6 rings (SSSR count). The van der Waals surface area contributed by atoms with Crippen LogP contribution < -0.4 is 15.2 Å². The first-order valence-corrected chi connectivity index (χ1v) is 15.0. The molecule has 0 aliphatic carbocycles. The van der Waals surface area contributed by atoms with Crippen LogP contribution in [0.5, 0.6) is 5.75 Å². The van der Waals surface area contributed by atoms with E-state index >= 15 is 4.39 Å². The Morgan fingerprint density at radius 1 is 1.07 bits per heavy atom. The Bertz CT molecular complexity index is 1490. The van der Waals surface area contributed by atoms with E-state index < -0.39 is 12.2 Å². The average Bonchev–Trinajstić information content (AvgIpc) is 3.13. The van der Waals surface area contributed by atoms with Gasteiger partial charge in [0.25, 0.3) is 5.91 Å². The van der Waals surface area contributed by atoms with Gasteiger partial charge in [0.05, 0.1) is 25.9 Å². The first-order chi connectivity index (χ1) is 19.5. The van der Waals surface area contributed by atoms with E-state index in [4.69, 9.17) is 9.47 Å². The second-order valence-electron chi connectivity index (χ2n) is 10.5. The van der Waals surface area contributed by atoms with Crippen molar-refractivity contribution in [1.82, 2.24) is 9.58 Å². The number of unbranched alkanes of at least 4 members (excludes halogenated alkanes) is 3. The number of hydrogen-bond acceptors (Lipinski definition) is 6. The van der Waals surface area contributed by atoms with Crippen molar-refractivity contribution < 1.29 is 18.7 Å². The zero-order chi connectivity index (χ0) is 27.8. The van der Waals surface area contributed by atoms with Crippen LogP contribution in [0.25, 0.3) is 0 Å². The highest BCUT2D eigenvalue weighted by atomic mass is 32.2. The lowest BCUT2D eigenvalue weighted by atomic mass is 9.92. The number of carbonyl (C=O) groups excluding carboxylic acids is 1. The van der Waals surface area contributed by atoms with Gasteiger partial charge in [-0.15, -0.1) is 11.8 Å². The predicted octanol–water partition coefficient (Wildman–Crippen LogP) is 5.40. The number of amides is 1. The standard InChI is InChI=1S/C31H34FN3O4S/c1-3-4-5-8-16-39-30-24(36)13-14-34-29(30)31(37)33-15-17-38-18-26(33)35(34)28-21-12-11-20(2)27(32)23(21)19-40-25-10-7-6-9-22(25)28/h6-7,9-14,26,28H,3-5,8,15-19H2,1-2H3/t26-,28+/m1/s1. The largest absolute Gasteiger partial charge is 0.487 e. The highest BCUT2D eigenvalue weighted by Gasteiger charge is 2.46. The van der Waals surface area contributed by atoms with Gasteiger partial charge in [-0.1, -0.05) is 56.5 Å². The molecule has 1 fully saturated rings. The number of aryl methyl sites for hydroxylation is 1. The number of ether oxygens (including phenoxy) is 2. The zero-order valence-electron chi connectivity index (χ0n) is 22.9.